The monoisotopic (exact) mass is 399 g/mol. The molecule has 3 saturated heterocycles. The van der Waals surface area contributed by atoms with E-state index in [2.05, 4.69) is 31.3 Å². The molecule has 29 heavy (non-hydrogen) atoms. The number of nitrogens with zero attached hydrogens (tertiary/aromatic N) is 1. The molecule has 0 aliphatic carbocycles. The van der Waals surface area contributed by atoms with Gasteiger partial charge in [0.05, 0.1) is 24.0 Å². The summed E-state index contributed by atoms with van der Waals surface area (Å²) in [5.74, 6) is -0.796. The molecule has 3 heterocycles. The van der Waals surface area contributed by atoms with Crippen LogP contribution < -0.4 is 11.1 Å². The maximum Gasteiger partial charge on any atom is 0.235 e. The smallest absolute Gasteiger partial charge is 0.235 e. The number of hydrogen-bond acceptors (Lipinski definition) is 5. The van der Waals surface area contributed by atoms with Crippen molar-refractivity contribution in [3.05, 3.63) is 35.4 Å². The second-order valence-electron chi connectivity index (χ2n) is 8.65. The van der Waals surface area contributed by atoms with Crippen molar-refractivity contribution < 1.29 is 19.1 Å². The third kappa shape index (κ3) is 3.69. The van der Waals surface area contributed by atoms with Crippen LogP contribution in [0.5, 0.6) is 0 Å². The van der Waals surface area contributed by atoms with Gasteiger partial charge in [-0.25, -0.2) is 0 Å². The molecule has 156 valence electrons. The van der Waals surface area contributed by atoms with E-state index in [1.54, 1.807) is 0 Å². The fraction of sp³-hybridized carbons (Fsp3) is 0.591. The highest BCUT2D eigenvalue weighted by molar-refractivity contribution is 6.06. The lowest BCUT2D eigenvalue weighted by atomic mass is 9.81. The van der Waals surface area contributed by atoms with Crippen LogP contribution in [0, 0.1) is 11.8 Å². The van der Waals surface area contributed by atoms with Crippen molar-refractivity contribution in [2.24, 2.45) is 17.6 Å². The Hall–Kier alpha value is -2.25. The summed E-state index contributed by atoms with van der Waals surface area (Å²) in [6, 6.07) is 7.79. The van der Waals surface area contributed by atoms with Gasteiger partial charge in [-0.1, -0.05) is 38.1 Å². The molecule has 4 rings (SSSR count). The Morgan fingerprint density at radius 1 is 1.10 bits per heavy atom. The maximum atomic E-state index is 12.6. The number of nitrogens with two attached hydrogens (primary N) is 1. The van der Waals surface area contributed by atoms with Gasteiger partial charge in [-0.15, -0.1) is 0 Å². The molecule has 5 atom stereocenters. The lowest BCUT2D eigenvalue weighted by Gasteiger charge is -2.18. The molecule has 3 amide bonds. The van der Waals surface area contributed by atoms with Gasteiger partial charge < -0.3 is 15.8 Å². The predicted octanol–water partition coefficient (Wildman–Crippen LogP) is 1.48. The minimum absolute atomic E-state index is 0.0894. The van der Waals surface area contributed by atoms with Crippen LogP contribution >= 0.6 is 0 Å². The molecule has 0 saturated carbocycles. The molecular weight excluding hydrogens is 370 g/mol. The number of imide groups is 1. The minimum Gasteiger partial charge on any atom is -0.373 e. The van der Waals surface area contributed by atoms with Crippen molar-refractivity contribution in [3.8, 4) is 0 Å². The number of carbonyl (C=O) groups excluding carboxylic acids is 3. The number of ether oxygens (including phenoxy) is 1. The van der Waals surface area contributed by atoms with Gasteiger partial charge in [0.15, 0.2) is 0 Å². The molecule has 7 nitrogen and oxygen atoms in total. The van der Waals surface area contributed by atoms with Crippen LogP contribution in [-0.2, 0) is 19.1 Å². The number of likely N-dealkylation sites (tertiary alicyclic amines) is 1. The van der Waals surface area contributed by atoms with E-state index in [9.17, 15) is 14.4 Å². The fourth-order valence-corrected chi connectivity index (χ4v) is 4.77. The molecule has 3 aliphatic rings. The van der Waals surface area contributed by atoms with Crippen molar-refractivity contribution >= 4 is 17.7 Å². The van der Waals surface area contributed by atoms with Gasteiger partial charge in [0.1, 0.15) is 0 Å². The predicted molar refractivity (Wildman–Crippen MR) is 107 cm³/mol. The van der Waals surface area contributed by atoms with E-state index in [0.29, 0.717) is 12.5 Å². The van der Waals surface area contributed by atoms with Crippen molar-refractivity contribution in [3.63, 3.8) is 0 Å². The molecule has 1 aromatic rings. The molecular formula is C22H29N3O4. The van der Waals surface area contributed by atoms with E-state index >= 15 is 0 Å². The Morgan fingerprint density at radius 2 is 1.66 bits per heavy atom. The summed E-state index contributed by atoms with van der Waals surface area (Å²) in [6.45, 7) is 4.70. The van der Waals surface area contributed by atoms with Crippen LogP contribution in [-0.4, -0.2) is 47.9 Å². The number of hydrogen-bond donors (Lipinski definition) is 2. The highest BCUT2D eigenvalue weighted by Crippen LogP contribution is 2.48. The number of benzene rings is 1. The lowest BCUT2D eigenvalue weighted by molar-refractivity contribution is -0.142. The molecule has 3 fully saturated rings. The molecule has 0 aromatic heterocycles. The highest BCUT2D eigenvalue weighted by atomic mass is 16.5. The van der Waals surface area contributed by atoms with Gasteiger partial charge >= 0.3 is 0 Å². The van der Waals surface area contributed by atoms with E-state index in [0.717, 1.165) is 18.4 Å². The molecule has 3 N–H and O–H groups in total. The van der Waals surface area contributed by atoms with E-state index in [1.807, 2.05) is 12.1 Å². The first-order chi connectivity index (χ1) is 13.9. The Bertz CT molecular complexity index is 779. The van der Waals surface area contributed by atoms with E-state index in [-0.39, 0.29) is 60.8 Å². The van der Waals surface area contributed by atoms with E-state index < -0.39 is 0 Å². The van der Waals surface area contributed by atoms with Gasteiger partial charge in [-0.3, -0.25) is 19.3 Å². The minimum atomic E-state index is -0.341. The Labute approximate surface area is 171 Å². The van der Waals surface area contributed by atoms with Crippen molar-refractivity contribution in [2.75, 3.05) is 13.1 Å². The van der Waals surface area contributed by atoms with Gasteiger partial charge in [0.25, 0.3) is 0 Å². The average molecular weight is 399 g/mol. The first-order valence-electron chi connectivity index (χ1n) is 10.5. The Balaban J connectivity index is 1.25. The SMILES string of the molecule is CC(C)c1ccc(C(N)CNC(=O)CCN2C(=O)C3C4CCC(O4)C3C2=O)cc1. The lowest BCUT2D eigenvalue weighted by Crippen LogP contribution is -2.38. The van der Waals surface area contributed by atoms with Crippen LogP contribution in [0.15, 0.2) is 24.3 Å². The maximum absolute atomic E-state index is 12.6. The normalized spacial score (nSPS) is 28.9. The van der Waals surface area contributed by atoms with Crippen LogP contribution in [0.3, 0.4) is 0 Å². The summed E-state index contributed by atoms with van der Waals surface area (Å²) < 4.78 is 5.72. The molecule has 1 aromatic carbocycles. The number of amides is 3. The second-order valence-corrected chi connectivity index (χ2v) is 8.65. The first-order valence-corrected chi connectivity index (χ1v) is 10.5. The largest absolute Gasteiger partial charge is 0.373 e. The topological polar surface area (TPSA) is 102 Å². The third-order valence-electron chi connectivity index (χ3n) is 6.49. The van der Waals surface area contributed by atoms with Crippen molar-refractivity contribution in [2.45, 2.75) is 57.3 Å². The van der Waals surface area contributed by atoms with Crippen LogP contribution in [0.25, 0.3) is 0 Å². The highest BCUT2D eigenvalue weighted by Gasteiger charge is 2.62. The van der Waals surface area contributed by atoms with Crippen molar-refractivity contribution in [1.82, 2.24) is 10.2 Å². The van der Waals surface area contributed by atoms with E-state index in [1.165, 1.54) is 10.5 Å². The zero-order valence-electron chi connectivity index (χ0n) is 17.0. The Morgan fingerprint density at radius 3 is 2.21 bits per heavy atom. The second kappa shape index (κ2) is 7.88. The summed E-state index contributed by atoms with van der Waals surface area (Å²) in [7, 11) is 0. The van der Waals surface area contributed by atoms with Gasteiger partial charge in [-0.05, 0) is 29.9 Å². The summed E-state index contributed by atoms with van der Waals surface area (Å²) in [5.41, 5.74) is 8.39. The van der Waals surface area contributed by atoms with Gasteiger partial charge in [-0.2, -0.15) is 0 Å². The third-order valence-corrected chi connectivity index (χ3v) is 6.49. The fourth-order valence-electron chi connectivity index (χ4n) is 4.77. The van der Waals surface area contributed by atoms with E-state index in [4.69, 9.17) is 10.5 Å². The summed E-state index contributed by atoms with van der Waals surface area (Å²) in [5, 5.41) is 2.81. The Kier molecular flexibility index (Phi) is 5.44. The zero-order chi connectivity index (χ0) is 20.7. The number of nitrogens with one attached hydrogen (secondary N) is 1. The molecule has 5 unspecified atom stereocenters. The van der Waals surface area contributed by atoms with Gasteiger partial charge in [0.2, 0.25) is 17.7 Å². The van der Waals surface area contributed by atoms with Crippen molar-refractivity contribution in [1.29, 1.82) is 0 Å². The summed E-state index contributed by atoms with van der Waals surface area (Å²) in [6.07, 6.45) is 1.53. The molecule has 2 bridgehead atoms. The summed E-state index contributed by atoms with van der Waals surface area (Å²) >= 11 is 0. The quantitative estimate of drug-likeness (QED) is 0.676. The zero-order valence-corrected chi connectivity index (χ0v) is 17.0. The molecule has 3 aliphatic heterocycles. The molecule has 7 heteroatoms. The standard InChI is InChI=1S/C22H29N3O4/c1-12(2)13-3-5-14(6-4-13)15(23)11-24-18(26)9-10-25-21(27)19-16-7-8-17(29-16)20(19)22(25)28/h3-6,12,15-17,19-20H,7-11,23H2,1-2H3,(H,24,26). The molecule has 0 spiro atoms. The number of rotatable bonds is 7. The van der Waals surface area contributed by atoms with Crippen LogP contribution in [0.4, 0.5) is 0 Å². The number of fused-ring (bicyclic) bond motifs is 5. The number of carbonyl (C=O) groups is 3. The molecule has 0 radical (unpaired) electrons. The first kappa shape index (κ1) is 20.0. The van der Waals surface area contributed by atoms with Gasteiger partial charge in [0, 0.05) is 25.6 Å². The van der Waals surface area contributed by atoms with Crippen LogP contribution in [0.1, 0.15) is 56.2 Å². The average Bonchev–Trinajstić information content (AvgIpc) is 3.39. The summed E-state index contributed by atoms with van der Waals surface area (Å²) in [4.78, 5) is 38.7. The van der Waals surface area contributed by atoms with Crippen LogP contribution in [0.2, 0.25) is 0 Å².